The van der Waals surface area contributed by atoms with Crippen LogP contribution in [0.15, 0.2) is 30.3 Å². The van der Waals surface area contributed by atoms with Gasteiger partial charge in [-0.25, -0.2) is 0 Å². The van der Waals surface area contributed by atoms with Crippen molar-refractivity contribution in [1.29, 1.82) is 0 Å². The molecule has 28 heavy (non-hydrogen) atoms. The van der Waals surface area contributed by atoms with E-state index >= 15 is 0 Å². The molecule has 0 amide bonds. The first kappa shape index (κ1) is 24.9. The first-order valence-electron chi connectivity index (χ1n) is 9.18. The summed E-state index contributed by atoms with van der Waals surface area (Å²) in [5, 5.41) is -1.54. The van der Waals surface area contributed by atoms with Crippen LogP contribution in [0.1, 0.15) is 44.5 Å². The van der Waals surface area contributed by atoms with Gasteiger partial charge < -0.3 is 18.1 Å². The highest BCUT2D eigenvalue weighted by Gasteiger charge is 2.52. The lowest BCUT2D eigenvalue weighted by Gasteiger charge is -2.30. The summed E-state index contributed by atoms with van der Waals surface area (Å²) in [5.41, 5.74) is 0.177. The summed E-state index contributed by atoms with van der Waals surface area (Å²) in [6.45, 7) is 6.33. The molecule has 0 aliphatic heterocycles. The second-order valence-corrected chi connectivity index (χ2v) is 10.4. The van der Waals surface area contributed by atoms with E-state index in [1.165, 1.54) is 12.1 Å². The second-order valence-electron chi connectivity index (χ2n) is 5.55. The van der Waals surface area contributed by atoms with Crippen LogP contribution in [0.4, 0.5) is 0 Å². The van der Waals surface area contributed by atoms with E-state index in [0.717, 1.165) is 0 Å². The largest absolute Gasteiger partial charge is 0.346 e. The van der Waals surface area contributed by atoms with Gasteiger partial charge in [-0.15, -0.1) is 0 Å². The maximum absolute atomic E-state index is 13.4. The number of carbonyl (C=O) groups is 2. The van der Waals surface area contributed by atoms with Crippen molar-refractivity contribution < 1.29 is 36.8 Å². The molecule has 0 saturated carbocycles. The molecule has 0 heterocycles. The highest BCUT2D eigenvalue weighted by Crippen LogP contribution is 2.71. The summed E-state index contributed by atoms with van der Waals surface area (Å²) in [5.74, 6) is -1.67. The van der Waals surface area contributed by atoms with Gasteiger partial charge in [0.05, 0.1) is 26.4 Å². The normalized spacial score (nSPS) is 12.3. The zero-order valence-corrected chi connectivity index (χ0v) is 18.4. The summed E-state index contributed by atoms with van der Waals surface area (Å²) in [7, 11) is -8.16. The van der Waals surface area contributed by atoms with Crippen LogP contribution in [0.25, 0.3) is 0 Å². The van der Waals surface area contributed by atoms with Gasteiger partial charge in [0.1, 0.15) is 0 Å². The smallest absolute Gasteiger partial charge is 0.308 e. The van der Waals surface area contributed by atoms with Crippen molar-refractivity contribution in [3.8, 4) is 0 Å². The predicted octanol–water partition coefficient (Wildman–Crippen LogP) is 4.69. The number of hydrogen-bond acceptors (Lipinski definition) is 8. The van der Waals surface area contributed by atoms with Crippen LogP contribution in [0.2, 0.25) is 0 Å². The van der Waals surface area contributed by atoms with E-state index in [1.54, 1.807) is 45.9 Å². The van der Waals surface area contributed by atoms with Crippen molar-refractivity contribution in [2.75, 3.05) is 26.4 Å². The number of rotatable bonds is 14. The highest BCUT2D eigenvalue weighted by molar-refractivity contribution is 7.72. The van der Waals surface area contributed by atoms with Gasteiger partial charge in [0.2, 0.25) is 11.6 Å². The summed E-state index contributed by atoms with van der Waals surface area (Å²) < 4.78 is 47.9. The number of Topliss-reactive ketones (excluding diaryl/α,β-unsaturated/α-hetero) is 2. The standard InChI is InChI=1S/C18H28O8P2/c1-5-23-27(21,24-6-2)17(28(22,25-7-3)26-8-4)14-16(19)18(20)15-12-10-9-11-13-15/h9-13,17H,5-8,14H2,1-4H3. The summed E-state index contributed by atoms with van der Waals surface area (Å²) in [6.07, 6.45) is -0.651. The maximum Gasteiger partial charge on any atom is 0.346 e. The number of benzene rings is 1. The Bertz CT molecular complexity index is 684. The molecule has 0 unspecified atom stereocenters. The van der Waals surface area contributed by atoms with Gasteiger partial charge in [0.25, 0.3) is 0 Å². The third-order valence-corrected chi connectivity index (χ3v) is 9.62. The quantitative estimate of drug-likeness (QED) is 0.236. The molecule has 0 aromatic heterocycles. The van der Waals surface area contributed by atoms with E-state index in [1.807, 2.05) is 0 Å². The fraction of sp³-hybridized carbons (Fsp3) is 0.556. The molecular formula is C18H28O8P2. The Balaban J connectivity index is 3.33. The van der Waals surface area contributed by atoms with E-state index in [2.05, 4.69) is 0 Å². The Kier molecular flexibility index (Phi) is 10.5. The fourth-order valence-corrected chi connectivity index (χ4v) is 7.79. The maximum atomic E-state index is 13.4. The fourth-order valence-electron chi connectivity index (χ4n) is 2.54. The molecule has 0 aliphatic carbocycles. The molecule has 1 rings (SSSR count). The molecular weight excluding hydrogens is 406 g/mol. The van der Waals surface area contributed by atoms with Crippen molar-refractivity contribution in [2.24, 2.45) is 0 Å². The average molecular weight is 434 g/mol. The lowest BCUT2D eigenvalue weighted by atomic mass is 10.1. The van der Waals surface area contributed by atoms with E-state index in [9.17, 15) is 18.7 Å². The van der Waals surface area contributed by atoms with Gasteiger partial charge in [-0.2, -0.15) is 0 Å². The monoisotopic (exact) mass is 434 g/mol. The number of hydrogen-bond donors (Lipinski definition) is 0. The molecule has 0 radical (unpaired) electrons. The minimum absolute atomic E-state index is 0.00709. The first-order chi connectivity index (χ1) is 13.3. The van der Waals surface area contributed by atoms with Gasteiger partial charge in [-0.3, -0.25) is 18.7 Å². The number of ketones is 2. The van der Waals surface area contributed by atoms with Crippen LogP contribution >= 0.6 is 15.2 Å². The first-order valence-corrected chi connectivity index (χ1v) is 12.4. The molecule has 0 atom stereocenters. The molecule has 1 aromatic carbocycles. The second kappa shape index (κ2) is 11.8. The van der Waals surface area contributed by atoms with Gasteiger partial charge in [0.15, 0.2) is 5.40 Å². The summed E-state index contributed by atoms with van der Waals surface area (Å²) in [4.78, 5) is 25.1. The topological polar surface area (TPSA) is 105 Å². The Labute approximate surface area is 166 Å². The molecule has 0 aliphatic rings. The molecule has 0 fully saturated rings. The zero-order chi connectivity index (χ0) is 21.2. The predicted molar refractivity (Wildman–Crippen MR) is 106 cm³/mol. The van der Waals surface area contributed by atoms with Gasteiger partial charge >= 0.3 is 15.2 Å². The summed E-state index contributed by atoms with van der Waals surface area (Å²) in [6, 6.07) is 7.93. The van der Waals surface area contributed by atoms with Crippen LogP contribution < -0.4 is 0 Å². The van der Waals surface area contributed by atoms with Crippen molar-refractivity contribution in [3.05, 3.63) is 35.9 Å². The lowest BCUT2D eigenvalue weighted by Crippen LogP contribution is -2.25. The third-order valence-electron chi connectivity index (χ3n) is 3.62. The minimum atomic E-state index is -4.08. The zero-order valence-electron chi connectivity index (χ0n) is 16.7. The molecule has 10 heteroatoms. The average Bonchev–Trinajstić information content (AvgIpc) is 2.66. The minimum Gasteiger partial charge on any atom is -0.308 e. The van der Waals surface area contributed by atoms with Crippen LogP contribution in [0.5, 0.6) is 0 Å². The van der Waals surface area contributed by atoms with E-state index in [0.29, 0.717) is 0 Å². The van der Waals surface area contributed by atoms with Crippen molar-refractivity contribution in [1.82, 2.24) is 0 Å². The van der Waals surface area contributed by atoms with Crippen molar-refractivity contribution in [3.63, 3.8) is 0 Å². The van der Waals surface area contributed by atoms with E-state index < -0.39 is 38.6 Å². The Morgan fingerprint density at radius 1 is 0.786 bits per heavy atom. The molecule has 0 saturated heterocycles. The van der Waals surface area contributed by atoms with Gasteiger partial charge in [-0.1, -0.05) is 30.3 Å². The van der Waals surface area contributed by atoms with E-state index in [4.69, 9.17) is 18.1 Å². The van der Waals surface area contributed by atoms with E-state index in [-0.39, 0.29) is 32.0 Å². The molecule has 1 aromatic rings. The Morgan fingerprint density at radius 2 is 1.18 bits per heavy atom. The van der Waals surface area contributed by atoms with Crippen molar-refractivity contribution >= 4 is 26.8 Å². The Morgan fingerprint density at radius 3 is 1.54 bits per heavy atom. The van der Waals surface area contributed by atoms with Crippen LogP contribution in [0, 0.1) is 0 Å². The van der Waals surface area contributed by atoms with Crippen LogP contribution in [-0.2, 0) is 32.0 Å². The molecule has 0 spiro atoms. The number of carbonyl (C=O) groups excluding carboxylic acids is 2. The van der Waals surface area contributed by atoms with Crippen LogP contribution in [0.3, 0.4) is 0 Å². The molecule has 8 nitrogen and oxygen atoms in total. The lowest BCUT2D eigenvalue weighted by molar-refractivity contribution is -0.115. The SMILES string of the molecule is CCOP(=O)(OCC)C(CC(=O)C(=O)c1ccccc1)P(=O)(OCC)OCC. The van der Waals surface area contributed by atoms with Gasteiger partial charge in [0, 0.05) is 12.0 Å². The summed E-state index contributed by atoms with van der Waals surface area (Å²) >= 11 is 0. The molecule has 158 valence electrons. The highest BCUT2D eigenvalue weighted by atomic mass is 31.2. The van der Waals surface area contributed by atoms with Gasteiger partial charge in [-0.05, 0) is 27.7 Å². The molecule has 0 N–H and O–H groups in total. The van der Waals surface area contributed by atoms with Crippen LogP contribution in [-0.4, -0.2) is 43.4 Å². The Hall–Kier alpha value is -1.14. The third kappa shape index (κ3) is 6.45. The van der Waals surface area contributed by atoms with Crippen molar-refractivity contribution in [2.45, 2.75) is 39.5 Å². The molecule has 0 bridgehead atoms.